The van der Waals surface area contributed by atoms with Gasteiger partial charge in [0.1, 0.15) is 0 Å². The lowest BCUT2D eigenvalue weighted by molar-refractivity contribution is -0.115. The van der Waals surface area contributed by atoms with Crippen LogP contribution < -0.4 is 16.0 Å². The molecule has 0 unspecified atom stereocenters. The summed E-state index contributed by atoms with van der Waals surface area (Å²) >= 11 is 7.19. The number of carbonyl (C=O) groups is 3. The fourth-order valence-electron chi connectivity index (χ4n) is 2.56. The van der Waals surface area contributed by atoms with Crippen molar-refractivity contribution in [2.24, 2.45) is 0 Å². The van der Waals surface area contributed by atoms with E-state index in [1.54, 1.807) is 18.2 Å². The first kappa shape index (κ1) is 20.5. The molecule has 0 radical (unpaired) electrons. The summed E-state index contributed by atoms with van der Waals surface area (Å²) in [6.07, 6.45) is 0. The quantitative estimate of drug-likeness (QED) is 0.551. The predicted molar refractivity (Wildman–Crippen MR) is 116 cm³/mol. The van der Waals surface area contributed by atoms with Crippen LogP contribution in [0.5, 0.6) is 0 Å². The molecule has 3 amide bonds. The van der Waals surface area contributed by atoms with E-state index >= 15 is 0 Å². The smallest absolute Gasteiger partial charge is 0.257 e. The number of hydrogen-bond donors (Lipinski definition) is 3. The molecule has 3 aromatic rings. The van der Waals surface area contributed by atoms with Gasteiger partial charge in [0.15, 0.2) is 5.13 Å². The Kier molecular flexibility index (Phi) is 6.26. The van der Waals surface area contributed by atoms with E-state index in [2.05, 4.69) is 20.9 Å². The van der Waals surface area contributed by atoms with Gasteiger partial charge >= 0.3 is 0 Å². The number of benzene rings is 2. The Hall–Kier alpha value is -3.23. The minimum atomic E-state index is -0.416. The highest BCUT2D eigenvalue weighted by molar-refractivity contribution is 7.14. The normalized spacial score (nSPS) is 10.3. The van der Waals surface area contributed by atoms with Gasteiger partial charge in [0, 0.05) is 46.8 Å². The number of thiazole rings is 1. The summed E-state index contributed by atoms with van der Waals surface area (Å²) in [5.74, 6) is -0.992. The Morgan fingerprint density at radius 2 is 1.48 bits per heavy atom. The van der Waals surface area contributed by atoms with Crippen LogP contribution in [0.25, 0.3) is 11.3 Å². The summed E-state index contributed by atoms with van der Waals surface area (Å²) in [4.78, 5) is 39.8. The molecule has 0 spiro atoms. The second-order valence-corrected chi connectivity index (χ2v) is 7.45. The fourth-order valence-corrected chi connectivity index (χ4v) is 3.40. The molecular formula is C20H17ClN4O3S. The highest BCUT2D eigenvalue weighted by Gasteiger charge is 2.13. The third kappa shape index (κ3) is 5.63. The molecule has 0 saturated heterocycles. The summed E-state index contributed by atoms with van der Waals surface area (Å²) in [6.45, 7) is 2.72. The van der Waals surface area contributed by atoms with Gasteiger partial charge in [-0.3, -0.25) is 19.7 Å². The summed E-state index contributed by atoms with van der Waals surface area (Å²) in [5, 5.41) is 10.8. The number of hydrogen-bond acceptors (Lipinski definition) is 5. The Labute approximate surface area is 176 Å². The third-order valence-corrected chi connectivity index (χ3v) is 4.71. The van der Waals surface area contributed by atoms with Gasteiger partial charge in [0.2, 0.25) is 11.8 Å². The van der Waals surface area contributed by atoms with E-state index < -0.39 is 5.91 Å². The van der Waals surface area contributed by atoms with Crippen LogP contribution in [0.2, 0.25) is 5.02 Å². The largest absolute Gasteiger partial charge is 0.326 e. The van der Waals surface area contributed by atoms with Crippen LogP contribution in [0, 0.1) is 0 Å². The van der Waals surface area contributed by atoms with E-state index in [1.807, 2.05) is 17.5 Å². The van der Waals surface area contributed by atoms with E-state index in [4.69, 9.17) is 11.6 Å². The highest BCUT2D eigenvalue weighted by atomic mass is 35.5. The van der Waals surface area contributed by atoms with E-state index in [1.165, 1.54) is 37.3 Å². The number of nitrogens with one attached hydrogen (secondary N) is 3. The average Bonchev–Trinajstić information content (AvgIpc) is 3.09. The molecule has 9 heteroatoms. The topological polar surface area (TPSA) is 100 Å². The monoisotopic (exact) mass is 428 g/mol. The maximum Gasteiger partial charge on any atom is 0.257 e. The van der Waals surface area contributed by atoms with Crippen molar-refractivity contribution in [3.05, 3.63) is 58.4 Å². The molecule has 1 heterocycles. The third-order valence-electron chi connectivity index (χ3n) is 3.70. The average molecular weight is 429 g/mol. The van der Waals surface area contributed by atoms with Crippen LogP contribution in [0.3, 0.4) is 0 Å². The van der Waals surface area contributed by atoms with Crippen LogP contribution in [0.4, 0.5) is 16.5 Å². The standard InChI is InChI=1S/C20H17ClN4O3S/c1-11(26)22-16-7-14(8-17(9-16)23-12(2)27)19(28)25-20-24-18(10-29-20)13-3-5-15(21)6-4-13/h3-10H,1-2H3,(H,22,26)(H,23,27)(H,24,25,28). The molecule has 3 rings (SSSR count). The number of anilines is 3. The first-order valence-corrected chi connectivity index (χ1v) is 9.79. The fraction of sp³-hybridized carbons (Fsp3) is 0.100. The van der Waals surface area contributed by atoms with Gasteiger partial charge < -0.3 is 10.6 Å². The van der Waals surface area contributed by atoms with Crippen LogP contribution in [-0.4, -0.2) is 22.7 Å². The minimum Gasteiger partial charge on any atom is -0.326 e. The van der Waals surface area contributed by atoms with Gasteiger partial charge in [-0.2, -0.15) is 0 Å². The first-order chi connectivity index (χ1) is 13.8. The van der Waals surface area contributed by atoms with Crippen molar-refractivity contribution in [1.29, 1.82) is 0 Å². The van der Waals surface area contributed by atoms with E-state index in [9.17, 15) is 14.4 Å². The predicted octanol–water partition coefficient (Wildman–Crippen LogP) is 4.63. The van der Waals surface area contributed by atoms with Crippen molar-refractivity contribution in [3.63, 3.8) is 0 Å². The van der Waals surface area contributed by atoms with Crippen LogP contribution >= 0.6 is 22.9 Å². The molecule has 2 aromatic carbocycles. The zero-order valence-electron chi connectivity index (χ0n) is 15.6. The molecule has 3 N–H and O–H groups in total. The molecule has 0 atom stereocenters. The minimum absolute atomic E-state index is 0.267. The Balaban J connectivity index is 1.81. The lowest BCUT2D eigenvalue weighted by Crippen LogP contribution is -2.15. The second kappa shape index (κ2) is 8.85. The molecule has 1 aromatic heterocycles. The van der Waals surface area contributed by atoms with Gasteiger partial charge in [-0.25, -0.2) is 4.98 Å². The second-order valence-electron chi connectivity index (χ2n) is 6.16. The highest BCUT2D eigenvalue weighted by Crippen LogP contribution is 2.27. The van der Waals surface area contributed by atoms with Crippen LogP contribution in [0.1, 0.15) is 24.2 Å². The SMILES string of the molecule is CC(=O)Nc1cc(NC(C)=O)cc(C(=O)Nc2nc(-c3ccc(Cl)cc3)cs2)c1. The summed E-state index contributed by atoms with van der Waals surface area (Å²) < 4.78 is 0. The van der Waals surface area contributed by atoms with Crippen molar-refractivity contribution in [2.75, 3.05) is 16.0 Å². The Morgan fingerprint density at radius 1 is 0.897 bits per heavy atom. The molecule has 7 nitrogen and oxygen atoms in total. The molecule has 0 aliphatic heterocycles. The van der Waals surface area contributed by atoms with Gasteiger partial charge in [0.25, 0.3) is 5.91 Å². The van der Waals surface area contributed by atoms with Crippen molar-refractivity contribution in [2.45, 2.75) is 13.8 Å². The number of nitrogens with zero attached hydrogens (tertiary/aromatic N) is 1. The number of rotatable bonds is 5. The molecule has 29 heavy (non-hydrogen) atoms. The lowest BCUT2D eigenvalue weighted by Gasteiger charge is -2.10. The zero-order valence-corrected chi connectivity index (χ0v) is 17.1. The number of halogens is 1. The van der Waals surface area contributed by atoms with Crippen molar-refractivity contribution < 1.29 is 14.4 Å². The van der Waals surface area contributed by atoms with Crippen molar-refractivity contribution in [3.8, 4) is 11.3 Å². The summed E-state index contributed by atoms with van der Waals surface area (Å²) in [6, 6.07) is 11.9. The van der Waals surface area contributed by atoms with Crippen LogP contribution in [-0.2, 0) is 9.59 Å². The lowest BCUT2D eigenvalue weighted by atomic mass is 10.1. The molecular weight excluding hydrogens is 412 g/mol. The van der Waals surface area contributed by atoms with Gasteiger partial charge in [0.05, 0.1) is 5.69 Å². The Morgan fingerprint density at radius 3 is 2.03 bits per heavy atom. The maximum atomic E-state index is 12.7. The number of amides is 3. The molecule has 0 saturated carbocycles. The van der Waals surface area contributed by atoms with E-state index in [0.717, 1.165) is 5.56 Å². The van der Waals surface area contributed by atoms with Crippen molar-refractivity contribution >= 4 is 57.2 Å². The number of aromatic nitrogens is 1. The molecule has 148 valence electrons. The zero-order chi connectivity index (χ0) is 21.0. The van der Waals surface area contributed by atoms with Crippen LogP contribution in [0.15, 0.2) is 47.8 Å². The Bertz CT molecular complexity index is 1050. The van der Waals surface area contributed by atoms with Gasteiger partial charge in [-0.05, 0) is 30.3 Å². The molecule has 0 aliphatic carbocycles. The van der Waals surface area contributed by atoms with Gasteiger partial charge in [-0.15, -0.1) is 11.3 Å². The number of carbonyl (C=O) groups excluding carboxylic acids is 3. The summed E-state index contributed by atoms with van der Waals surface area (Å²) in [5.41, 5.74) is 2.66. The molecule has 0 aliphatic rings. The van der Waals surface area contributed by atoms with E-state index in [-0.39, 0.29) is 17.4 Å². The first-order valence-electron chi connectivity index (χ1n) is 8.53. The van der Waals surface area contributed by atoms with Crippen molar-refractivity contribution in [1.82, 2.24) is 4.98 Å². The molecule has 0 bridgehead atoms. The van der Waals surface area contributed by atoms with Gasteiger partial charge in [-0.1, -0.05) is 23.7 Å². The van der Waals surface area contributed by atoms with E-state index in [0.29, 0.717) is 27.2 Å². The summed E-state index contributed by atoms with van der Waals surface area (Å²) in [7, 11) is 0. The molecule has 0 fully saturated rings. The maximum absolute atomic E-state index is 12.7.